The zero-order valence-corrected chi connectivity index (χ0v) is 10.9. The summed E-state index contributed by atoms with van der Waals surface area (Å²) in [6.45, 7) is 1.94. The summed E-state index contributed by atoms with van der Waals surface area (Å²) in [6.07, 6.45) is 3.34. The first kappa shape index (κ1) is 13.3. The number of carbonyl (C=O) groups excluding carboxylic acids is 1. The molecule has 4 nitrogen and oxygen atoms in total. The molecule has 1 saturated heterocycles. The van der Waals surface area contributed by atoms with Crippen LogP contribution in [0.1, 0.15) is 46.8 Å². The lowest BCUT2D eigenvalue weighted by atomic mass is 9.90. The molecular formula is C13H17ClN2O2. The highest BCUT2D eigenvalue weighted by atomic mass is 35.5. The second-order valence-corrected chi connectivity index (χ2v) is 4.90. The van der Waals surface area contributed by atoms with Crippen LogP contribution in [0.4, 0.5) is 0 Å². The maximum atomic E-state index is 12.0. The van der Waals surface area contributed by atoms with Crippen molar-refractivity contribution in [1.82, 2.24) is 10.3 Å². The van der Waals surface area contributed by atoms with Crippen LogP contribution in [-0.2, 0) is 6.42 Å². The molecular weight excluding hydrogens is 252 g/mol. The van der Waals surface area contributed by atoms with Crippen molar-refractivity contribution in [1.29, 1.82) is 0 Å². The van der Waals surface area contributed by atoms with Gasteiger partial charge in [-0.05, 0) is 49.9 Å². The fourth-order valence-corrected chi connectivity index (χ4v) is 2.85. The molecule has 0 amide bonds. The van der Waals surface area contributed by atoms with E-state index in [1.807, 2.05) is 6.07 Å². The Morgan fingerprint density at radius 3 is 2.56 bits per heavy atom. The van der Waals surface area contributed by atoms with Gasteiger partial charge in [0.05, 0.1) is 5.69 Å². The van der Waals surface area contributed by atoms with E-state index in [-0.39, 0.29) is 23.7 Å². The quantitative estimate of drug-likeness (QED) is 0.809. The molecule has 0 saturated carbocycles. The van der Waals surface area contributed by atoms with Crippen molar-refractivity contribution < 1.29 is 4.79 Å². The Bertz CT molecular complexity index is 518. The molecule has 0 bridgehead atoms. The summed E-state index contributed by atoms with van der Waals surface area (Å²) in [7, 11) is 0. The average molecular weight is 269 g/mol. The van der Waals surface area contributed by atoms with E-state index in [0.29, 0.717) is 18.0 Å². The van der Waals surface area contributed by atoms with Crippen LogP contribution >= 0.6 is 12.4 Å². The number of carbonyl (C=O) groups is 1. The Kier molecular flexibility index (Phi) is 3.88. The number of aryl methyl sites for hydroxylation is 1. The van der Waals surface area contributed by atoms with Gasteiger partial charge in [-0.25, -0.2) is 0 Å². The molecule has 1 fully saturated rings. The second kappa shape index (κ2) is 5.24. The number of rotatable bonds is 1. The summed E-state index contributed by atoms with van der Waals surface area (Å²) < 4.78 is 0. The number of halogens is 1. The lowest BCUT2D eigenvalue weighted by Gasteiger charge is -2.22. The molecule has 1 aromatic rings. The molecule has 5 heteroatoms. The van der Waals surface area contributed by atoms with Crippen molar-refractivity contribution in [3.05, 3.63) is 33.2 Å². The summed E-state index contributed by atoms with van der Waals surface area (Å²) in [5, 5.41) is 3.30. The topological polar surface area (TPSA) is 62.0 Å². The minimum absolute atomic E-state index is 0. The van der Waals surface area contributed by atoms with Gasteiger partial charge in [-0.1, -0.05) is 0 Å². The zero-order valence-electron chi connectivity index (χ0n) is 10.1. The number of pyridine rings is 1. The summed E-state index contributed by atoms with van der Waals surface area (Å²) in [4.78, 5) is 26.3. The van der Waals surface area contributed by atoms with E-state index in [1.54, 1.807) is 0 Å². The fraction of sp³-hybridized carbons (Fsp3) is 0.538. The number of piperidine rings is 1. The van der Waals surface area contributed by atoms with Crippen molar-refractivity contribution in [3.8, 4) is 0 Å². The zero-order chi connectivity index (χ0) is 11.8. The lowest BCUT2D eigenvalue weighted by molar-refractivity contribution is 0.0990. The Balaban J connectivity index is 0.00000120. The van der Waals surface area contributed by atoms with Gasteiger partial charge in [0.2, 0.25) is 0 Å². The van der Waals surface area contributed by atoms with E-state index in [2.05, 4.69) is 10.3 Å². The number of H-pyrrole nitrogens is 1. The minimum atomic E-state index is -0.0640. The van der Waals surface area contributed by atoms with Crippen LogP contribution in [0.3, 0.4) is 0 Å². The molecule has 0 atom stereocenters. The molecule has 1 aromatic heterocycles. The van der Waals surface area contributed by atoms with Crippen LogP contribution in [0, 0.1) is 0 Å². The van der Waals surface area contributed by atoms with E-state index < -0.39 is 0 Å². The van der Waals surface area contributed by atoms with Crippen molar-refractivity contribution in [2.45, 2.75) is 31.6 Å². The van der Waals surface area contributed by atoms with E-state index in [0.717, 1.165) is 43.5 Å². The molecule has 0 spiro atoms. The highest BCUT2D eigenvalue weighted by Crippen LogP contribution is 2.26. The predicted octanol–water partition coefficient (Wildman–Crippen LogP) is 1.39. The summed E-state index contributed by atoms with van der Waals surface area (Å²) in [5.41, 5.74) is 2.39. The Morgan fingerprint density at radius 1 is 1.11 bits per heavy atom. The van der Waals surface area contributed by atoms with E-state index in [9.17, 15) is 9.59 Å². The summed E-state index contributed by atoms with van der Waals surface area (Å²) in [6, 6.07) is 1.97. The number of ketones is 1. The van der Waals surface area contributed by atoms with Crippen LogP contribution in [0.25, 0.3) is 0 Å². The number of aromatic amines is 1. The maximum Gasteiger partial charge on any atom is 0.251 e. The third-order valence-corrected chi connectivity index (χ3v) is 3.83. The van der Waals surface area contributed by atoms with Crippen molar-refractivity contribution in [2.24, 2.45) is 0 Å². The number of hydrogen-bond donors (Lipinski definition) is 2. The number of nitrogens with one attached hydrogen (secondary N) is 2. The second-order valence-electron chi connectivity index (χ2n) is 4.90. The number of hydrogen-bond acceptors (Lipinski definition) is 3. The monoisotopic (exact) mass is 268 g/mol. The van der Waals surface area contributed by atoms with Gasteiger partial charge in [-0.3, -0.25) is 9.59 Å². The molecule has 2 heterocycles. The van der Waals surface area contributed by atoms with Crippen molar-refractivity contribution in [2.75, 3.05) is 13.1 Å². The van der Waals surface area contributed by atoms with Gasteiger partial charge in [0.15, 0.2) is 5.78 Å². The van der Waals surface area contributed by atoms with Gasteiger partial charge in [0.25, 0.3) is 5.56 Å². The lowest BCUT2D eigenvalue weighted by Crippen LogP contribution is -2.30. The molecule has 0 unspecified atom stereocenters. The van der Waals surface area contributed by atoms with Crippen molar-refractivity contribution in [3.63, 3.8) is 0 Å². The normalized spacial score (nSPS) is 19.4. The Morgan fingerprint density at radius 2 is 1.83 bits per heavy atom. The van der Waals surface area contributed by atoms with Gasteiger partial charge in [0.1, 0.15) is 0 Å². The molecule has 98 valence electrons. The standard InChI is InChI=1S/C13H16N2O2.ClH/c16-11-2-1-9-7-10(13(17)15-12(9)11)8-3-5-14-6-4-8;/h7-8,14H,1-6H2,(H,15,17);1H. The predicted molar refractivity (Wildman–Crippen MR) is 71.8 cm³/mol. The minimum Gasteiger partial charge on any atom is -0.319 e. The number of Topliss-reactive ketones (excluding diaryl/α,β-unsaturated/α-hetero) is 1. The smallest absolute Gasteiger partial charge is 0.251 e. The summed E-state index contributed by atoms with van der Waals surface area (Å²) in [5.74, 6) is 0.426. The fourth-order valence-electron chi connectivity index (χ4n) is 2.85. The maximum absolute atomic E-state index is 12.0. The first-order valence-electron chi connectivity index (χ1n) is 6.25. The van der Waals surface area contributed by atoms with Gasteiger partial charge in [0, 0.05) is 12.0 Å². The largest absolute Gasteiger partial charge is 0.319 e. The Hall–Kier alpha value is -1.13. The van der Waals surface area contributed by atoms with E-state index >= 15 is 0 Å². The van der Waals surface area contributed by atoms with E-state index in [4.69, 9.17) is 0 Å². The van der Waals surface area contributed by atoms with Crippen LogP contribution in [0.5, 0.6) is 0 Å². The SMILES string of the molecule is Cl.O=C1CCc2cc(C3CCNCC3)c(=O)[nH]c21. The van der Waals surface area contributed by atoms with Crippen molar-refractivity contribution >= 4 is 18.2 Å². The van der Waals surface area contributed by atoms with Gasteiger partial charge in [-0.15, -0.1) is 12.4 Å². The van der Waals surface area contributed by atoms with Crippen LogP contribution in [0.15, 0.2) is 10.9 Å². The average Bonchev–Trinajstić information content (AvgIpc) is 2.71. The summed E-state index contributed by atoms with van der Waals surface area (Å²) >= 11 is 0. The Labute approximate surface area is 112 Å². The van der Waals surface area contributed by atoms with Crippen LogP contribution < -0.4 is 10.9 Å². The molecule has 0 radical (unpaired) electrons. The van der Waals surface area contributed by atoms with Crippen LogP contribution in [0.2, 0.25) is 0 Å². The van der Waals surface area contributed by atoms with Gasteiger partial charge in [-0.2, -0.15) is 0 Å². The highest BCUT2D eigenvalue weighted by Gasteiger charge is 2.25. The van der Waals surface area contributed by atoms with Gasteiger partial charge < -0.3 is 10.3 Å². The molecule has 2 aliphatic rings. The third kappa shape index (κ3) is 2.22. The molecule has 18 heavy (non-hydrogen) atoms. The molecule has 3 rings (SSSR count). The van der Waals surface area contributed by atoms with Gasteiger partial charge >= 0.3 is 0 Å². The molecule has 1 aliphatic heterocycles. The first-order chi connectivity index (χ1) is 8.25. The van der Waals surface area contributed by atoms with Crippen LogP contribution in [-0.4, -0.2) is 23.9 Å². The first-order valence-corrected chi connectivity index (χ1v) is 6.25. The number of fused-ring (bicyclic) bond motifs is 1. The van der Waals surface area contributed by atoms with E-state index in [1.165, 1.54) is 0 Å². The number of aromatic nitrogens is 1. The third-order valence-electron chi connectivity index (χ3n) is 3.83. The molecule has 1 aliphatic carbocycles. The molecule has 0 aromatic carbocycles. The highest BCUT2D eigenvalue weighted by molar-refractivity contribution is 5.98. The molecule has 2 N–H and O–H groups in total.